The van der Waals surface area contributed by atoms with Crippen LogP contribution in [0, 0.1) is 0 Å². The van der Waals surface area contributed by atoms with Gasteiger partial charge in [0.2, 0.25) is 0 Å². The van der Waals surface area contributed by atoms with Crippen LogP contribution < -0.4 is 10.9 Å². The lowest BCUT2D eigenvalue weighted by Crippen LogP contribution is -2.35. The van der Waals surface area contributed by atoms with E-state index in [1.807, 2.05) is 0 Å². The van der Waals surface area contributed by atoms with Gasteiger partial charge in [-0.2, -0.15) is 5.10 Å². The third-order valence-electron chi connectivity index (χ3n) is 1.77. The molecule has 1 aromatic heterocycles. The number of carbonyl (C=O) groups is 1. The summed E-state index contributed by atoms with van der Waals surface area (Å²) in [5.74, 6) is -0.466. The molecule has 0 radical (unpaired) electrons. The largest absolute Gasteiger partial charge is 0.389 e. The zero-order chi connectivity index (χ0) is 12.0. The molecule has 0 bridgehead atoms. The first kappa shape index (κ1) is 12.3. The number of hydrogen-bond donors (Lipinski definition) is 3. The molecule has 0 saturated heterocycles. The molecule has 0 aliphatic rings. The van der Waals surface area contributed by atoms with Gasteiger partial charge in [0, 0.05) is 19.7 Å². The van der Waals surface area contributed by atoms with Crippen LogP contribution in [0.1, 0.15) is 10.5 Å². The Morgan fingerprint density at radius 3 is 3.00 bits per heavy atom. The van der Waals surface area contributed by atoms with Crippen molar-refractivity contribution in [1.82, 2.24) is 15.5 Å². The molecule has 7 nitrogen and oxygen atoms in total. The number of H-pyrrole nitrogens is 1. The average molecular weight is 227 g/mol. The summed E-state index contributed by atoms with van der Waals surface area (Å²) in [4.78, 5) is 22.1. The van der Waals surface area contributed by atoms with Crippen molar-refractivity contribution in [3.8, 4) is 0 Å². The third kappa shape index (κ3) is 3.79. The molecular weight excluding hydrogens is 214 g/mol. The Bertz CT molecular complexity index is 383. The molecule has 0 saturated carbocycles. The third-order valence-corrected chi connectivity index (χ3v) is 1.77. The second kappa shape index (κ2) is 5.99. The van der Waals surface area contributed by atoms with Crippen LogP contribution in [0.2, 0.25) is 0 Å². The molecule has 88 valence electrons. The fourth-order valence-electron chi connectivity index (χ4n) is 1.02. The Morgan fingerprint density at radius 2 is 2.44 bits per heavy atom. The van der Waals surface area contributed by atoms with Crippen molar-refractivity contribution >= 4 is 5.91 Å². The highest BCUT2D eigenvalue weighted by Crippen LogP contribution is 1.89. The molecule has 0 spiro atoms. The number of aliphatic hydroxyl groups excluding tert-OH is 1. The van der Waals surface area contributed by atoms with E-state index in [0.29, 0.717) is 0 Å². The summed E-state index contributed by atoms with van der Waals surface area (Å²) in [5, 5.41) is 17.4. The van der Waals surface area contributed by atoms with Crippen LogP contribution in [0.3, 0.4) is 0 Å². The highest BCUT2D eigenvalue weighted by atomic mass is 16.5. The fraction of sp³-hybridized carbons (Fsp3) is 0.444. The lowest BCUT2D eigenvalue weighted by atomic mass is 10.3. The second-order valence-electron chi connectivity index (χ2n) is 3.13. The molecule has 0 fully saturated rings. The molecule has 1 atom stereocenters. The number of rotatable bonds is 5. The van der Waals surface area contributed by atoms with Crippen LogP contribution in [-0.4, -0.2) is 47.6 Å². The van der Waals surface area contributed by atoms with Crippen LogP contribution in [-0.2, 0) is 4.74 Å². The Kier molecular flexibility index (Phi) is 4.62. The number of nitrogens with one attached hydrogen (secondary N) is 2. The molecule has 1 aromatic rings. The maximum atomic E-state index is 11.4. The zero-order valence-corrected chi connectivity index (χ0v) is 8.77. The maximum absolute atomic E-state index is 11.4. The van der Waals surface area contributed by atoms with Gasteiger partial charge in [-0.05, 0) is 6.07 Å². The van der Waals surface area contributed by atoms with Gasteiger partial charge in [0.05, 0.1) is 12.7 Å². The predicted molar refractivity (Wildman–Crippen MR) is 55.1 cm³/mol. The van der Waals surface area contributed by atoms with E-state index in [0.717, 1.165) is 0 Å². The minimum Gasteiger partial charge on any atom is -0.389 e. The number of amides is 1. The quantitative estimate of drug-likeness (QED) is 0.568. The smallest absolute Gasteiger partial charge is 0.271 e. The molecule has 1 unspecified atom stereocenters. The number of aromatic amines is 1. The van der Waals surface area contributed by atoms with Gasteiger partial charge in [-0.3, -0.25) is 9.59 Å². The first-order valence-electron chi connectivity index (χ1n) is 4.64. The lowest BCUT2D eigenvalue weighted by Gasteiger charge is -2.09. The Labute approximate surface area is 91.4 Å². The summed E-state index contributed by atoms with van der Waals surface area (Å²) in [6, 6.07) is 2.50. The molecule has 1 amide bonds. The summed E-state index contributed by atoms with van der Waals surface area (Å²) < 4.78 is 4.69. The Balaban J connectivity index is 2.46. The van der Waals surface area contributed by atoms with E-state index in [1.165, 1.54) is 19.2 Å². The van der Waals surface area contributed by atoms with Crippen molar-refractivity contribution in [2.75, 3.05) is 20.3 Å². The molecule has 0 aliphatic carbocycles. The van der Waals surface area contributed by atoms with Crippen molar-refractivity contribution in [2.45, 2.75) is 6.10 Å². The summed E-state index contributed by atoms with van der Waals surface area (Å²) in [6.45, 7) is 0.201. The predicted octanol–water partition coefficient (Wildman–Crippen LogP) is -1.49. The summed E-state index contributed by atoms with van der Waals surface area (Å²) >= 11 is 0. The molecule has 1 heterocycles. The van der Waals surface area contributed by atoms with Gasteiger partial charge in [-0.25, -0.2) is 5.10 Å². The van der Waals surface area contributed by atoms with Crippen molar-refractivity contribution in [1.29, 1.82) is 0 Å². The fourth-order valence-corrected chi connectivity index (χ4v) is 1.02. The highest BCUT2D eigenvalue weighted by Gasteiger charge is 2.09. The van der Waals surface area contributed by atoms with E-state index in [1.54, 1.807) is 0 Å². The van der Waals surface area contributed by atoms with Crippen molar-refractivity contribution in [3.05, 3.63) is 28.2 Å². The van der Waals surface area contributed by atoms with E-state index in [9.17, 15) is 14.7 Å². The van der Waals surface area contributed by atoms with E-state index >= 15 is 0 Å². The molecule has 16 heavy (non-hydrogen) atoms. The molecule has 3 N–H and O–H groups in total. The summed E-state index contributed by atoms with van der Waals surface area (Å²) in [6.07, 6.45) is -0.767. The SMILES string of the molecule is COCC(O)CNC(=O)c1ccc(=O)[nH]n1. The van der Waals surface area contributed by atoms with E-state index in [4.69, 9.17) is 4.74 Å². The molecule has 0 aromatic carbocycles. The van der Waals surface area contributed by atoms with Crippen molar-refractivity contribution < 1.29 is 14.6 Å². The van der Waals surface area contributed by atoms with Crippen LogP contribution >= 0.6 is 0 Å². The van der Waals surface area contributed by atoms with Crippen molar-refractivity contribution in [2.24, 2.45) is 0 Å². The number of hydrogen-bond acceptors (Lipinski definition) is 5. The minimum absolute atomic E-state index is 0.0630. The van der Waals surface area contributed by atoms with Gasteiger partial charge in [0.15, 0.2) is 0 Å². The van der Waals surface area contributed by atoms with Gasteiger partial charge in [0.25, 0.3) is 11.5 Å². The highest BCUT2D eigenvalue weighted by molar-refractivity contribution is 5.91. The first-order valence-corrected chi connectivity index (χ1v) is 4.64. The Morgan fingerprint density at radius 1 is 1.69 bits per heavy atom. The van der Waals surface area contributed by atoms with Gasteiger partial charge >= 0.3 is 0 Å². The van der Waals surface area contributed by atoms with Gasteiger partial charge in [-0.1, -0.05) is 0 Å². The number of aromatic nitrogens is 2. The van der Waals surface area contributed by atoms with E-state index in [2.05, 4.69) is 15.5 Å². The van der Waals surface area contributed by atoms with Gasteiger partial charge < -0.3 is 15.2 Å². The topological polar surface area (TPSA) is 104 Å². The van der Waals surface area contributed by atoms with Crippen LogP contribution in [0.5, 0.6) is 0 Å². The number of nitrogens with zero attached hydrogens (tertiary/aromatic N) is 1. The molecule has 1 rings (SSSR count). The standard InChI is InChI=1S/C9H13N3O4/c1-16-5-6(13)4-10-9(15)7-2-3-8(14)12-11-7/h2-3,6,13H,4-5H2,1H3,(H,10,15)(H,12,14). The van der Waals surface area contributed by atoms with E-state index in [-0.39, 0.29) is 24.4 Å². The monoisotopic (exact) mass is 227 g/mol. The lowest BCUT2D eigenvalue weighted by molar-refractivity contribution is 0.0608. The van der Waals surface area contributed by atoms with E-state index < -0.39 is 12.0 Å². The van der Waals surface area contributed by atoms with Crippen LogP contribution in [0.4, 0.5) is 0 Å². The van der Waals surface area contributed by atoms with Gasteiger partial charge in [0.1, 0.15) is 5.69 Å². The summed E-state index contributed by atoms with van der Waals surface area (Å²) in [7, 11) is 1.45. The first-order chi connectivity index (χ1) is 7.63. The maximum Gasteiger partial charge on any atom is 0.271 e. The minimum atomic E-state index is -0.767. The van der Waals surface area contributed by atoms with Crippen molar-refractivity contribution in [3.63, 3.8) is 0 Å². The van der Waals surface area contributed by atoms with Gasteiger partial charge in [-0.15, -0.1) is 0 Å². The summed E-state index contributed by atoms with van der Waals surface area (Å²) in [5.41, 5.74) is -0.291. The van der Waals surface area contributed by atoms with Crippen LogP contribution in [0.15, 0.2) is 16.9 Å². The number of aliphatic hydroxyl groups is 1. The molecule has 7 heteroatoms. The molecule has 0 aliphatic heterocycles. The molecular formula is C9H13N3O4. The number of carbonyl (C=O) groups excluding carboxylic acids is 1. The normalized spacial score (nSPS) is 12.1. The zero-order valence-electron chi connectivity index (χ0n) is 8.77. The average Bonchev–Trinajstić information content (AvgIpc) is 2.27. The van der Waals surface area contributed by atoms with Crippen LogP contribution in [0.25, 0.3) is 0 Å². The second-order valence-corrected chi connectivity index (χ2v) is 3.13. The Hall–Kier alpha value is -1.73. The number of methoxy groups -OCH3 is 1. The number of ether oxygens (including phenoxy) is 1.